The molecule has 0 radical (unpaired) electrons. The molecule has 0 bridgehead atoms. The minimum absolute atomic E-state index is 0.0290. The summed E-state index contributed by atoms with van der Waals surface area (Å²) in [4.78, 5) is 13.8. The zero-order valence-corrected chi connectivity index (χ0v) is 12.5. The fourth-order valence-corrected chi connectivity index (χ4v) is 2.43. The molecule has 2 N–H and O–H groups in total. The Morgan fingerprint density at radius 3 is 2.47 bits per heavy atom. The van der Waals surface area contributed by atoms with E-state index in [4.69, 9.17) is 5.14 Å². The van der Waals surface area contributed by atoms with Crippen molar-refractivity contribution in [3.8, 4) is 0 Å². The standard InChI is InChI=1S/C13H20N2O3S/c1-5-10(3)15(4)13(16)11-8-9(2)6-7-12(11)19(14,17)18/h6-8,10H,5H2,1-4H3,(H2,14,17,18). The molecule has 5 nitrogen and oxygen atoms in total. The van der Waals surface area contributed by atoms with Crippen LogP contribution in [0, 0.1) is 6.92 Å². The van der Waals surface area contributed by atoms with Crippen LogP contribution in [-0.2, 0) is 10.0 Å². The van der Waals surface area contributed by atoms with Gasteiger partial charge in [0.25, 0.3) is 5.91 Å². The number of carbonyl (C=O) groups is 1. The zero-order valence-electron chi connectivity index (χ0n) is 11.7. The van der Waals surface area contributed by atoms with Crippen molar-refractivity contribution in [2.75, 3.05) is 7.05 Å². The van der Waals surface area contributed by atoms with E-state index in [-0.39, 0.29) is 22.4 Å². The first-order valence-corrected chi connectivity index (χ1v) is 7.63. The Labute approximate surface area is 114 Å². The molecular formula is C13H20N2O3S. The van der Waals surface area contributed by atoms with E-state index in [1.807, 2.05) is 13.8 Å². The smallest absolute Gasteiger partial charge is 0.255 e. The van der Waals surface area contributed by atoms with Gasteiger partial charge in [-0.15, -0.1) is 0 Å². The topological polar surface area (TPSA) is 80.5 Å². The van der Waals surface area contributed by atoms with Gasteiger partial charge in [-0.25, -0.2) is 13.6 Å². The van der Waals surface area contributed by atoms with Crippen molar-refractivity contribution in [2.24, 2.45) is 5.14 Å². The number of carbonyl (C=O) groups excluding carboxylic acids is 1. The molecule has 1 rings (SSSR count). The Kier molecular flexibility index (Phi) is 4.70. The van der Waals surface area contributed by atoms with Crippen molar-refractivity contribution in [3.05, 3.63) is 29.3 Å². The summed E-state index contributed by atoms with van der Waals surface area (Å²) in [5.41, 5.74) is 0.943. The highest BCUT2D eigenvalue weighted by Crippen LogP contribution is 2.19. The van der Waals surface area contributed by atoms with E-state index in [0.29, 0.717) is 0 Å². The molecule has 1 atom stereocenters. The summed E-state index contributed by atoms with van der Waals surface area (Å²) in [5, 5.41) is 5.16. The fourth-order valence-electron chi connectivity index (χ4n) is 1.72. The fraction of sp³-hybridized carbons (Fsp3) is 0.462. The highest BCUT2D eigenvalue weighted by molar-refractivity contribution is 7.89. The number of benzene rings is 1. The van der Waals surface area contributed by atoms with Crippen molar-refractivity contribution in [1.82, 2.24) is 4.90 Å². The molecule has 1 unspecified atom stereocenters. The van der Waals surface area contributed by atoms with Crippen LogP contribution in [0.3, 0.4) is 0 Å². The minimum atomic E-state index is -3.91. The summed E-state index contributed by atoms with van der Waals surface area (Å²) in [7, 11) is -2.25. The molecule has 6 heteroatoms. The maximum absolute atomic E-state index is 12.4. The number of nitrogens with two attached hydrogens (primary N) is 1. The second-order valence-electron chi connectivity index (χ2n) is 4.72. The van der Waals surface area contributed by atoms with Gasteiger partial charge >= 0.3 is 0 Å². The Hall–Kier alpha value is -1.40. The molecule has 19 heavy (non-hydrogen) atoms. The lowest BCUT2D eigenvalue weighted by Crippen LogP contribution is -2.35. The first kappa shape index (κ1) is 15.7. The first-order chi connectivity index (χ1) is 8.68. The first-order valence-electron chi connectivity index (χ1n) is 6.09. The monoisotopic (exact) mass is 284 g/mol. The molecule has 0 fully saturated rings. The molecule has 1 amide bonds. The van der Waals surface area contributed by atoms with E-state index in [1.165, 1.54) is 11.0 Å². The molecule has 0 saturated heterocycles. The molecule has 106 valence electrons. The van der Waals surface area contributed by atoms with E-state index in [9.17, 15) is 13.2 Å². The third-order valence-corrected chi connectivity index (χ3v) is 4.21. The van der Waals surface area contributed by atoms with E-state index < -0.39 is 10.0 Å². The highest BCUT2D eigenvalue weighted by Gasteiger charge is 2.23. The van der Waals surface area contributed by atoms with Gasteiger partial charge in [-0.3, -0.25) is 4.79 Å². The number of nitrogens with zero attached hydrogens (tertiary/aromatic N) is 1. The number of amides is 1. The number of rotatable bonds is 4. The molecule has 0 aliphatic heterocycles. The van der Waals surface area contributed by atoms with Gasteiger partial charge < -0.3 is 4.90 Å². The van der Waals surface area contributed by atoms with Crippen LogP contribution in [-0.4, -0.2) is 32.3 Å². The predicted molar refractivity (Wildman–Crippen MR) is 74.4 cm³/mol. The van der Waals surface area contributed by atoms with Gasteiger partial charge in [0.15, 0.2) is 0 Å². The van der Waals surface area contributed by atoms with Crippen LogP contribution in [0.5, 0.6) is 0 Å². The third kappa shape index (κ3) is 3.54. The van der Waals surface area contributed by atoms with E-state index in [1.54, 1.807) is 26.1 Å². The Balaban J connectivity index is 3.34. The number of hydrogen-bond acceptors (Lipinski definition) is 3. The molecule has 0 saturated carbocycles. The Morgan fingerprint density at radius 1 is 1.42 bits per heavy atom. The van der Waals surface area contributed by atoms with Crippen LogP contribution in [0.2, 0.25) is 0 Å². The summed E-state index contributed by atoms with van der Waals surface area (Å²) in [6.07, 6.45) is 0.790. The molecule has 0 aliphatic carbocycles. The molecule has 0 aromatic heterocycles. The normalized spacial score (nSPS) is 13.1. The quantitative estimate of drug-likeness (QED) is 0.910. The molecule has 0 spiro atoms. The molecule has 1 aromatic rings. The highest BCUT2D eigenvalue weighted by atomic mass is 32.2. The third-order valence-electron chi connectivity index (χ3n) is 3.24. The van der Waals surface area contributed by atoms with Gasteiger partial charge in [-0.05, 0) is 32.4 Å². The van der Waals surface area contributed by atoms with E-state index in [0.717, 1.165) is 12.0 Å². The van der Waals surface area contributed by atoms with Crippen LogP contribution < -0.4 is 5.14 Å². The second kappa shape index (κ2) is 5.71. The number of sulfonamides is 1. The van der Waals surface area contributed by atoms with Gasteiger partial charge in [-0.1, -0.05) is 18.6 Å². The lowest BCUT2D eigenvalue weighted by molar-refractivity contribution is 0.0736. The summed E-state index contributed by atoms with van der Waals surface area (Å²) in [6, 6.07) is 4.59. The predicted octanol–water partition coefficient (Wildman–Crippen LogP) is 1.51. The SMILES string of the molecule is CCC(C)N(C)C(=O)c1cc(C)ccc1S(N)(=O)=O. The zero-order chi connectivity index (χ0) is 14.8. The molecular weight excluding hydrogens is 264 g/mol. The van der Waals surface area contributed by atoms with Crippen LogP contribution >= 0.6 is 0 Å². The maximum atomic E-state index is 12.4. The largest absolute Gasteiger partial charge is 0.339 e. The van der Waals surface area contributed by atoms with Crippen LogP contribution in [0.1, 0.15) is 36.2 Å². The maximum Gasteiger partial charge on any atom is 0.255 e. The minimum Gasteiger partial charge on any atom is -0.339 e. The summed E-state index contributed by atoms with van der Waals surface area (Å²) in [6.45, 7) is 5.67. The average Bonchev–Trinajstić information content (AvgIpc) is 2.34. The van der Waals surface area contributed by atoms with Gasteiger partial charge in [0.05, 0.1) is 10.5 Å². The second-order valence-corrected chi connectivity index (χ2v) is 6.25. The van der Waals surface area contributed by atoms with Gasteiger partial charge in [-0.2, -0.15) is 0 Å². The molecule has 1 aromatic carbocycles. The number of hydrogen-bond donors (Lipinski definition) is 1. The molecule has 0 aliphatic rings. The number of aryl methyl sites for hydroxylation is 1. The van der Waals surface area contributed by atoms with Crippen molar-refractivity contribution < 1.29 is 13.2 Å². The van der Waals surface area contributed by atoms with E-state index in [2.05, 4.69) is 0 Å². The summed E-state index contributed by atoms with van der Waals surface area (Å²) >= 11 is 0. The van der Waals surface area contributed by atoms with E-state index >= 15 is 0 Å². The van der Waals surface area contributed by atoms with Gasteiger partial charge in [0.2, 0.25) is 10.0 Å². The average molecular weight is 284 g/mol. The summed E-state index contributed by atoms with van der Waals surface area (Å²) < 4.78 is 23.1. The van der Waals surface area contributed by atoms with Gasteiger partial charge in [0, 0.05) is 13.1 Å². The summed E-state index contributed by atoms with van der Waals surface area (Å²) in [5.74, 6) is -0.331. The van der Waals surface area contributed by atoms with Crippen LogP contribution in [0.4, 0.5) is 0 Å². The number of primary sulfonamides is 1. The van der Waals surface area contributed by atoms with Crippen molar-refractivity contribution >= 4 is 15.9 Å². The van der Waals surface area contributed by atoms with Crippen molar-refractivity contribution in [1.29, 1.82) is 0 Å². The Morgan fingerprint density at radius 2 is 2.00 bits per heavy atom. The lowest BCUT2D eigenvalue weighted by atomic mass is 10.1. The van der Waals surface area contributed by atoms with Crippen LogP contribution in [0.15, 0.2) is 23.1 Å². The van der Waals surface area contributed by atoms with Crippen LogP contribution in [0.25, 0.3) is 0 Å². The van der Waals surface area contributed by atoms with Gasteiger partial charge in [0.1, 0.15) is 0 Å². The van der Waals surface area contributed by atoms with Crippen molar-refractivity contribution in [3.63, 3.8) is 0 Å². The molecule has 0 heterocycles. The lowest BCUT2D eigenvalue weighted by Gasteiger charge is -2.24. The Bertz CT molecular complexity index is 582. The van der Waals surface area contributed by atoms with Crippen molar-refractivity contribution in [2.45, 2.75) is 38.1 Å².